The topological polar surface area (TPSA) is 81.7 Å². The molecule has 0 bridgehead atoms. The predicted molar refractivity (Wildman–Crippen MR) is 120 cm³/mol. The molecule has 0 saturated heterocycles. The zero-order valence-electron chi connectivity index (χ0n) is 16.9. The predicted octanol–water partition coefficient (Wildman–Crippen LogP) is 5.84. The minimum absolute atomic E-state index is 0.145. The molecule has 1 amide bonds. The number of aryl methyl sites for hydroxylation is 1. The van der Waals surface area contributed by atoms with E-state index in [4.69, 9.17) is 21.1 Å². The van der Waals surface area contributed by atoms with Gasteiger partial charge in [0, 0.05) is 10.1 Å². The van der Waals surface area contributed by atoms with Gasteiger partial charge in [-0.15, -0.1) is 22.7 Å². The highest BCUT2D eigenvalue weighted by Gasteiger charge is 2.28. The fourth-order valence-corrected chi connectivity index (χ4v) is 5.51. The molecule has 1 N–H and O–H groups in total. The number of carbonyl (C=O) groups excluding carboxylic acids is 3. The van der Waals surface area contributed by atoms with Gasteiger partial charge in [0.15, 0.2) is 0 Å². The Hall–Kier alpha value is -2.42. The van der Waals surface area contributed by atoms with Gasteiger partial charge in [-0.05, 0) is 44.9 Å². The molecule has 158 valence electrons. The Morgan fingerprint density at radius 1 is 1.00 bits per heavy atom. The van der Waals surface area contributed by atoms with Crippen molar-refractivity contribution in [2.75, 3.05) is 18.5 Å². The molecule has 3 rings (SSSR count). The van der Waals surface area contributed by atoms with E-state index in [9.17, 15) is 14.4 Å². The van der Waals surface area contributed by atoms with E-state index in [2.05, 4.69) is 5.32 Å². The molecule has 9 heteroatoms. The third-order valence-corrected chi connectivity index (χ3v) is 7.15. The number of thiophene rings is 2. The Morgan fingerprint density at radius 2 is 1.67 bits per heavy atom. The first-order chi connectivity index (χ1) is 14.3. The summed E-state index contributed by atoms with van der Waals surface area (Å²) >= 11 is 8.69. The number of carbonyl (C=O) groups is 3. The number of anilines is 1. The quantitative estimate of drug-likeness (QED) is 0.462. The van der Waals surface area contributed by atoms with Crippen LogP contribution in [0.5, 0.6) is 0 Å². The maximum Gasteiger partial charge on any atom is 0.348 e. The lowest BCUT2D eigenvalue weighted by Gasteiger charge is -2.06. The van der Waals surface area contributed by atoms with Gasteiger partial charge in [0.1, 0.15) is 14.8 Å². The maximum absolute atomic E-state index is 13.0. The molecule has 0 saturated carbocycles. The van der Waals surface area contributed by atoms with Gasteiger partial charge in [0.25, 0.3) is 5.91 Å². The molecule has 2 heterocycles. The van der Waals surface area contributed by atoms with Crippen LogP contribution < -0.4 is 5.32 Å². The second-order valence-corrected chi connectivity index (χ2v) is 8.85. The van der Waals surface area contributed by atoms with Gasteiger partial charge in [0.2, 0.25) is 0 Å². The number of fused-ring (bicyclic) bond motifs is 1. The molecule has 0 spiro atoms. The third-order valence-electron chi connectivity index (χ3n) is 4.31. The van der Waals surface area contributed by atoms with Gasteiger partial charge in [-0.2, -0.15) is 0 Å². The Balaban J connectivity index is 2.01. The van der Waals surface area contributed by atoms with E-state index in [1.54, 1.807) is 20.8 Å². The van der Waals surface area contributed by atoms with Crippen LogP contribution in [0.2, 0.25) is 5.02 Å². The van der Waals surface area contributed by atoms with Crippen LogP contribution in [0.15, 0.2) is 18.2 Å². The summed E-state index contributed by atoms with van der Waals surface area (Å²) < 4.78 is 11.1. The molecule has 0 unspecified atom stereocenters. The van der Waals surface area contributed by atoms with Crippen molar-refractivity contribution in [1.82, 2.24) is 0 Å². The number of hydrogen-bond donors (Lipinski definition) is 1. The fourth-order valence-electron chi connectivity index (χ4n) is 2.92. The van der Waals surface area contributed by atoms with Crippen molar-refractivity contribution < 1.29 is 23.9 Å². The zero-order valence-corrected chi connectivity index (χ0v) is 19.3. The largest absolute Gasteiger partial charge is 0.462 e. The first-order valence-corrected chi connectivity index (χ1v) is 11.3. The molecule has 0 aliphatic rings. The second-order valence-electron chi connectivity index (χ2n) is 6.40. The molecular weight excluding hydrogens is 446 g/mol. The van der Waals surface area contributed by atoms with Crippen molar-refractivity contribution in [3.63, 3.8) is 0 Å². The Kier molecular flexibility index (Phi) is 6.80. The summed E-state index contributed by atoms with van der Waals surface area (Å²) in [7, 11) is 0. The van der Waals surface area contributed by atoms with Crippen molar-refractivity contribution in [2.24, 2.45) is 0 Å². The van der Waals surface area contributed by atoms with E-state index in [-0.39, 0.29) is 28.7 Å². The number of rotatable bonds is 6. The summed E-state index contributed by atoms with van der Waals surface area (Å²) in [6, 6.07) is 5.76. The summed E-state index contributed by atoms with van der Waals surface area (Å²) in [6.45, 7) is 7.33. The van der Waals surface area contributed by atoms with Gasteiger partial charge in [-0.25, -0.2) is 9.59 Å². The van der Waals surface area contributed by atoms with E-state index in [1.807, 2.05) is 25.1 Å². The molecule has 30 heavy (non-hydrogen) atoms. The summed E-state index contributed by atoms with van der Waals surface area (Å²) in [6.07, 6.45) is 0. The normalized spacial score (nSPS) is 10.8. The Labute approximate surface area is 186 Å². The highest BCUT2D eigenvalue weighted by molar-refractivity contribution is 7.22. The third kappa shape index (κ3) is 4.21. The molecule has 0 aliphatic heterocycles. The maximum atomic E-state index is 13.0. The summed E-state index contributed by atoms with van der Waals surface area (Å²) in [4.78, 5) is 38.3. The van der Waals surface area contributed by atoms with Crippen molar-refractivity contribution in [3.05, 3.63) is 49.7 Å². The minimum Gasteiger partial charge on any atom is -0.462 e. The first-order valence-electron chi connectivity index (χ1n) is 9.26. The standard InChI is InChI=1S/C21H20ClNO5S2/c1-5-27-20(25)14-11(4)16(21(26)28-6-2)30-19(14)23-18(24)17-15(22)12-8-7-10(3)9-13(12)29-17/h7-9H,5-6H2,1-4H3,(H,23,24). The number of ether oxygens (including phenoxy) is 2. The van der Waals surface area contributed by atoms with E-state index in [0.29, 0.717) is 15.5 Å². The zero-order chi connectivity index (χ0) is 22.0. The van der Waals surface area contributed by atoms with Crippen LogP contribution in [0.4, 0.5) is 5.00 Å². The second kappa shape index (κ2) is 9.16. The van der Waals surface area contributed by atoms with Crippen LogP contribution in [-0.2, 0) is 9.47 Å². The monoisotopic (exact) mass is 465 g/mol. The number of esters is 2. The summed E-state index contributed by atoms with van der Waals surface area (Å²) in [5.74, 6) is -1.63. The van der Waals surface area contributed by atoms with E-state index < -0.39 is 17.8 Å². The molecule has 3 aromatic rings. The molecule has 6 nitrogen and oxygen atoms in total. The fraction of sp³-hybridized carbons (Fsp3) is 0.286. The van der Waals surface area contributed by atoms with Crippen LogP contribution in [0.25, 0.3) is 10.1 Å². The smallest absolute Gasteiger partial charge is 0.348 e. The van der Waals surface area contributed by atoms with Gasteiger partial charge >= 0.3 is 11.9 Å². The molecule has 0 aliphatic carbocycles. The highest BCUT2D eigenvalue weighted by Crippen LogP contribution is 2.38. The van der Waals surface area contributed by atoms with Crippen molar-refractivity contribution >= 4 is 67.2 Å². The molecule has 0 atom stereocenters. The molecule has 0 fully saturated rings. The van der Waals surface area contributed by atoms with E-state index in [0.717, 1.165) is 27.0 Å². The first kappa shape index (κ1) is 22.3. The average Bonchev–Trinajstić information content (AvgIpc) is 3.19. The lowest BCUT2D eigenvalue weighted by Crippen LogP contribution is -2.14. The average molecular weight is 466 g/mol. The number of halogens is 1. The Morgan fingerprint density at radius 3 is 2.33 bits per heavy atom. The SMILES string of the molecule is CCOC(=O)c1sc(NC(=O)c2sc3cc(C)ccc3c2Cl)c(C(=O)OCC)c1C. The van der Waals surface area contributed by atoms with Gasteiger partial charge < -0.3 is 14.8 Å². The minimum atomic E-state index is -0.616. The van der Waals surface area contributed by atoms with Crippen molar-refractivity contribution in [1.29, 1.82) is 0 Å². The van der Waals surface area contributed by atoms with Crippen LogP contribution in [0, 0.1) is 13.8 Å². The van der Waals surface area contributed by atoms with Crippen LogP contribution >= 0.6 is 34.3 Å². The van der Waals surface area contributed by atoms with E-state index >= 15 is 0 Å². The summed E-state index contributed by atoms with van der Waals surface area (Å²) in [5.41, 5.74) is 1.61. The van der Waals surface area contributed by atoms with Crippen LogP contribution in [0.1, 0.15) is 54.7 Å². The molecule has 1 aromatic carbocycles. The highest BCUT2D eigenvalue weighted by atomic mass is 35.5. The lowest BCUT2D eigenvalue weighted by atomic mass is 10.1. The van der Waals surface area contributed by atoms with Gasteiger partial charge in [-0.3, -0.25) is 4.79 Å². The van der Waals surface area contributed by atoms with E-state index in [1.165, 1.54) is 11.3 Å². The van der Waals surface area contributed by atoms with Crippen LogP contribution in [0.3, 0.4) is 0 Å². The number of nitrogens with one attached hydrogen (secondary N) is 1. The van der Waals surface area contributed by atoms with Crippen molar-refractivity contribution in [2.45, 2.75) is 27.7 Å². The summed E-state index contributed by atoms with van der Waals surface area (Å²) in [5, 5.41) is 4.10. The molecule has 2 aromatic heterocycles. The molecular formula is C21H20ClNO5S2. The van der Waals surface area contributed by atoms with Crippen LogP contribution in [-0.4, -0.2) is 31.1 Å². The van der Waals surface area contributed by atoms with Gasteiger partial charge in [-0.1, -0.05) is 23.7 Å². The lowest BCUT2D eigenvalue weighted by molar-refractivity contribution is 0.0527. The number of hydrogen-bond acceptors (Lipinski definition) is 7. The number of amides is 1. The Bertz CT molecular complexity index is 1150. The van der Waals surface area contributed by atoms with Crippen molar-refractivity contribution in [3.8, 4) is 0 Å². The number of benzene rings is 1. The van der Waals surface area contributed by atoms with Gasteiger partial charge in [0.05, 0.1) is 23.8 Å². The molecule has 0 radical (unpaired) electrons.